The summed E-state index contributed by atoms with van der Waals surface area (Å²) in [5.41, 5.74) is 4.95. The van der Waals surface area contributed by atoms with Crippen LogP contribution in [0.2, 0.25) is 0 Å². The van der Waals surface area contributed by atoms with Gasteiger partial charge < -0.3 is 40.7 Å². The van der Waals surface area contributed by atoms with Crippen LogP contribution in [-0.2, 0) is 15.9 Å². The number of aliphatic hydroxyl groups excluding tert-OH is 3. The summed E-state index contributed by atoms with van der Waals surface area (Å²) >= 11 is 0. The SMILES string of the molecule is CC(O)[C@]1(N)Cc2c(O)c3c(c(O)c2[C@H](O[C@H]2CC(O)[C@@H](O)CO2)C1)C(=O)c1ccccc1C3=O. The molecule has 1 saturated heterocycles. The first-order valence-electron chi connectivity index (χ1n) is 11.4. The molecule has 5 rings (SSSR count). The molecule has 0 radical (unpaired) electrons. The number of carbonyl (C=O) groups excluding carboxylic acids is 2. The molecule has 2 aliphatic carbocycles. The molecule has 10 nitrogen and oxygen atoms in total. The first-order valence-corrected chi connectivity index (χ1v) is 11.4. The first-order chi connectivity index (χ1) is 16.5. The summed E-state index contributed by atoms with van der Waals surface area (Å²) in [6, 6.07) is 6.15. The number of phenols is 2. The number of ether oxygens (including phenoxy) is 2. The van der Waals surface area contributed by atoms with Crippen molar-refractivity contribution in [3.63, 3.8) is 0 Å². The number of aliphatic hydroxyl groups is 3. The van der Waals surface area contributed by atoms with Crippen molar-refractivity contribution < 1.29 is 44.6 Å². The van der Waals surface area contributed by atoms with Gasteiger partial charge in [0.1, 0.15) is 17.6 Å². The Morgan fingerprint density at radius 1 is 1.06 bits per heavy atom. The molecule has 0 bridgehead atoms. The second kappa shape index (κ2) is 8.37. The molecule has 0 aromatic heterocycles. The van der Waals surface area contributed by atoms with E-state index in [0.29, 0.717) is 0 Å². The van der Waals surface area contributed by atoms with E-state index in [9.17, 15) is 35.1 Å². The maximum Gasteiger partial charge on any atom is 0.198 e. The molecule has 2 aromatic carbocycles. The predicted octanol–water partition coefficient (Wildman–Crippen LogP) is 0.424. The Bertz CT molecular complexity index is 1230. The van der Waals surface area contributed by atoms with Gasteiger partial charge in [-0.05, 0) is 19.8 Å². The minimum Gasteiger partial charge on any atom is -0.507 e. The second-order valence-corrected chi connectivity index (χ2v) is 9.59. The van der Waals surface area contributed by atoms with Crippen LogP contribution in [0, 0.1) is 0 Å². The highest BCUT2D eigenvalue weighted by Gasteiger charge is 2.47. The molecule has 7 N–H and O–H groups in total. The van der Waals surface area contributed by atoms with E-state index >= 15 is 0 Å². The van der Waals surface area contributed by atoms with Crippen molar-refractivity contribution in [2.75, 3.05) is 6.61 Å². The van der Waals surface area contributed by atoms with Gasteiger partial charge in [0.15, 0.2) is 17.9 Å². The van der Waals surface area contributed by atoms with Crippen molar-refractivity contribution in [3.8, 4) is 11.5 Å². The molecule has 0 saturated carbocycles. The van der Waals surface area contributed by atoms with E-state index in [0.717, 1.165) is 0 Å². The van der Waals surface area contributed by atoms with E-state index < -0.39 is 59.3 Å². The van der Waals surface area contributed by atoms with Crippen molar-refractivity contribution in [1.82, 2.24) is 0 Å². The normalized spacial score (nSPS) is 30.9. The van der Waals surface area contributed by atoms with Gasteiger partial charge in [0.05, 0.1) is 36.0 Å². The zero-order valence-electron chi connectivity index (χ0n) is 19.0. The molecule has 1 aliphatic heterocycles. The molecule has 10 heteroatoms. The van der Waals surface area contributed by atoms with E-state index in [1.165, 1.54) is 19.1 Å². The van der Waals surface area contributed by atoms with Gasteiger partial charge in [-0.1, -0.05) is 24.3 Å². The van der Waals surface area contributed by atoms with E-state index in [2.05, 4.69) is 0 Å². The van der Waals surface area contributed by atoms with Gasteiger partial charge in [0, 0.05) is 34.2 Å². The molecule has 6 atom stereocenters. The molecule has 35 heavy (non-hydrogen) atoms. The third kappa shape index (κ3) is 3.65. The van der Waals surface area contributed by atoms with Gasteiger partial charge in [0.25, 0.3) is 0 Å². The summed E-state index contributed by atoms with van der Waals surface area (Å²) in [4.78, 5) is 26.6. The maximum absolute atomic E-state index is 13.3. The van der Waals surface area contributed by atoms with Crippen LogP contribution in [-0.4, -0.2) is 73.8 Å². The number of aromatic hydroxyl groups is 2. The molecule has 186 valence electrons. The van der Waals surface area contributed by atoms with Crippen LogP contribution in [0.15, 0.2) is 24.3 Å². The highest BCUT2D eigenvalue weighted by molar-refractivity contribution is 6.30. The van der Waals surface area contributed by atoms with Gasteiger partial charge in [-0.25, -0.2) is 0 Å². The van der Waals surface area contributed by atoms with Crippen LogP contribution in [0.5, 0.6) is 11.5 Å². The fraction of sp³-hybridized carbons (Fsp3) is 0.440. The summed E-state index contributed by atoms with van der Waals surface area (Å²) in [5, 5.41) is 52.8. The monoisotopic (exact) mass is 485 g/mol. The van der Waals surface area contributed by atoms with Crippen molar-refractivity contribution in [3.05, 3.63) is 57.6 Å². The Kier molecular flexibility index (Phi) is 5.71. The molecule has 2 unspecified atom stereocenters. The lowest BCUT2D eigenvalue weighted by atomic mass is 9.70. The quantitative estimate of drug-likeness (QED) is 0.285. The highest BCUT2D eigenvalue weighted by atomic mass is 16.7. The zero-order chi connectivity index (χ0) is 25.2. The van der Waals surface area contributed by atoms with Crippen LogP contribution < -0.4 is 5.73 Å². The lowest BCUT2D eigenvalue weighted by molar-refractivity contribution is -0.239. The summed E-state index contributed by atoms with van der Waals surface area (Å²) < 4.78 is 11.5. The summed E-state index contributed by atoms with van der Waals surface area (Å²) in [5.74, 6) is -2.22. The van der Waals surface area contributed by atoms with Crippen LogP contribution >= 0.6 is 0 Å². The maximum atomic E-state index is 13.3. The number of hydrogen-bond donors (Lipinski definition) is 6. The lowest BCUT2D eigenvalue weighted by Gasteiger charge is -2.43. The summed E-state index contributed by atoms with van der Waals surface area (Å²) in [7, 11) is 0. The topological polar surface area (TPSA) is 180 Å². The molecule has 1 fully saturated rings. The van der Waals surface area contributed by atoms with E-state index in [1.54, 1.807) is 12.1 Å². The Labute approximate surface area is 200 Å². The molecule has 1 heterocycles. The Morgan fingerprint density at radius 2 is 1.66 bits per heavy atom. The van der Waals surface area contributed by atoms with Gasteiger partial charge >= 0.3 is 0 Å². The van der Waals surface area contributed by atoms with E-state index in [4.69, 9.17) is 15.2 Å². The van der Waals surface area contributed by atoms with Gasteiger partial charge in [-0.15, -0.1) is 0 Å². The smallest absolute Gasteiger partial charge is 0.198 e. The largest absolute Gasteiger partial charge is 0.507 e. The molecular weight excluding hydrogens is 458 g/mol. The van der Waals surface area contributed by atoms with Crippen LogP contribution in [0.4, 0.5) is 0 Å². The number of benzene rings is 2. The van der Waals surface area contributed by atoms with Gasteiger partial charge in [0.2, 0.25) is 0 Å². The van der Waals surface area contributed by atoms with Crippen LogP contribution in [0.3, 0.4) is 0 Å². The van der Waals surface area contributed by atoms with Crippen LogP contribution in [0.25, 0.3) is 0 Å². The summed E-state index contributed by atoms with van der Waals surface area (Å²) in [6.07, 6.45) is -5.45. The second-order valence-electron chi connectivity index (χ2n) is 9.59. The molecular formula is C25H27NO9. The number of fused-ring (bicyclic) bond motifs is 3. The fourth-order valence-corrected chi connectivity index (χ4v) is 5.21. The molecule has 0 amide bonds. The minimum atomic E-state index is -1.30. The zero-order valence-corrected chi connectivity index (χ0v) is 19.0. The Balaban J connectivity index is 1.66. The van der Waals surface area contributed by atoms with Crippen molar-refractivity contribution in [2.45, 2.75) is 62.4 Å². The number of rotatable bonds is 3. The van der Waals surface area contributed by atoms with E-state index in [1.807, 2.05) is 0 Å². The van der Waals surface area contributed by atoms with E-state index in [-0.39, 0.29) is 59.3 Å². The standard InChI is InChI=1S/C25H27NO9/c1-10(27)25(26)7-13-18(16(8-25)35-17-6-14(28)15(29)9-34-17)24(33)20-19(23(13)32)21(30)11-4-2-3-5-12(11)22(20)31/h2-5,10,14-17,27-29,32-33H,6-9,26H2,1H3/t10?,14?,15-,16+,17-,25-/m0/s1. The number of hydrogen-bond acceptors (Lipinski definition) is 10. The molecule has 0 spiro atoms. The predicted molar refractivity (Wildman–Crippen MR) is 120 cm³/mol. The third-order valence-electron chi connectivity index (χ3n) is 7.33. The molecule has 3 aliphatic rings. The Hall–Kier alpha value is -2.86. The number of phenolic OH excluding ortho intramolecular Hbond substituents is 2. The number of carbonyl (C=O) groups is 2. The number of ketones is 2. The molecule has 2 aromatic rings. The Morgan fingerprint density at radius 3 is 2.23 bits per heavy atom. The average molecular weight is 485 g/mol. The third-order valence-corrected chi connectivity index (χ3v) is 7.33. The summed E-state index contributed by atoms with van der Waals surface area (Å²) in [6.45, 7) is 1.31. The highest BCUT2D eigenvalue weighted by Crippen LogP contribution is 2.51. The minimum absolute atomic E-state index is 0.0132. The first kappa shape index (κ1) is 23.9. The average Bonchev–Trinajstić information content (AvgIpc) is 2.82. The van der Waals surface area contributed by atoms with Gasteiger partial charge in [-0.3, -0.25) is 9.59 Å². The fourth-order valence-electron chi connectivity index (χ4n) is 5.21. The van der Waals surface area contributed by atoms with Crippen molar-refractivity contribution in [2.24, 2.45) is 5.73 Å². The van der Waals surface area contributed by atoms with Crippen molar-refractivity contribution >= 4 is 11.6 Å². The lowest BCUT2D eigenvalue weighted by Crippen LogP contribution is -2.55. The number of nitrogens with two attached hydrogens (primary N) is 1. The van der Waals surface area contributed by atoms with Crippen molar-refractivity contribution in [1.29, 1.82) is 0 Å². The van der Waals surface area contributed by atoms with Gasteiger partial charge in [-0.2, -0.15) is 0 Å². The van der Waals surface area contributed by atoms with Crippen LogP contribution in [0.1, 0.15) is 68.8 Å².